The zero-order chi connectivity index (χ0) is 20.9. The summed E-state index contributed by atoms with van der Waals surface area (Å²) in [6.07, 6.45) is 10.8. The van der Waals surface area contributed by atoms with Crippen molar-refractivity contribution in [2.24, 2.45) is 0 Å². The second kappa shape index (κ2) is 20.7. The first-order chi connectivity index (χ1) is 13.8. The fourth-order valence-corrected chi connectivity index (χ4v) is 3.17. The Labute approximate surface area is 176 Å². The molecule has 0 atom stereocenters. The Morgan fingerprint density at radius 1 is 0.821 bits per heavy atom. The van der Waals surface area contributed by atoms with Crippen LogP contribution in [0.25, 0.3) is 0 Å². The third kappa shape index (κ3) is 14.9. The number of benzene rings is 1. The number of unbranched alkanes of at least 4 members (excludes halogenated alkanes) is 6. The Balaban J connectivity index is 0.000000483. The lowest BCUT2D eigenvalue weighted by molar-refractivity contribution is 0.0371. The summed E-state index contributed by atoms with van der Waals surface area (Å²) in [5.41, 5.74) is 1.32. The summed E-state index contributed by atoms with van der Waals surface area (Å²) in [6, 6.07) is 10.6. The smallest absolute Gasteiger partial charge is 0.0594 e. The molecule has 0 spiro atoms. The van der Waals surface area contributed by atoms with Crippen LogP contribution in [0.1, 0.15) is 79.1 Å². The first kappa shape index (κ1) is 26.9. The maximum atomic E-state index is 5.29. The summed E-state index contributed by atoms with van der Waals surface area (Å²) >= 11 is 0. The second-order valence-electron chi connectivity index (χ2n) is 7.33. The molecule has 1 aliphatic rings. The minimum Gasteiger partial charge on any atom is -0.379 e. The van der Waals surface area contributed by atoms with Gasteiger partial charge in [-0.05, 0) is 31.5 Å². The van der Waals surface area contributed by atoms with E-state index in [2.05, 4.69) is 61.0 Å². The monoisotopic (exact) mass is 392 g/mol. The van der Waals surface area contributed by atoms with Gasteiger partial charge in [-0.3, -0.25) is 4.90 Å². The van der Waals surface area contributed by atoms with Crippen LogP contribution in [0, 0.1) is 0 Å². The summed E-state index contributed by atoms with van der Waals surface area (Å²) in [7, 11) is 2.17. The number of para-hydroxylation sites is 1. The zero-order valence-electron chi connectivity index (χ0n) is 19.6. The molecule has 1 saturated heterocycles. The van der Waals surface area contributed by atoms with Crippen molar-refractivity contribution in [3.05, 3.63) is 30.3 Å². The van der Waals surface area contributed by atoms with E-state index >= 15 is 0 Å². The van der Waals surface area contributed by atoms with E-state index in [0.29, 0.717) is 0 Å². The van der Waals surface area contributed by atoms with E-state index in [9.17, 15) is 0 Å². The van der Waals surface area contributed by atoms with Gasteiger partial charge >= 0.3 is 0 Å². The highest BCUT2D eigenvalue weighted by molar-refractivity contribution is 5.44. The van der Waals surface area contributed by atoms with Gasteiger partial charge in [-0.25, -0.2) is 0 Å². The van der Waals surface area contributed by atoms with Gasteiger partial charge in [0.1, 0.15) is 0 Å². The Kier molecular flexibility index (Phi) is 19.9. The Morgan fingerprint density at radius 3 is 1.96 bits per heavy atom. The van der Waals surface area contributed by atoms with Crippen LogP contribution in [0.2, 0.25) is 0 Å². The predicted molar refractivity (Wildman–Crippen MR) is 127 cm³/mol. The van der Waals surface area contributed by atoms with Crippen molar-refractivity contribution < 1.29 is 4.74 Å². The lowest BCUT2D eigenvalue weighted by Crippen LogP contribution is -2.36. The topological polar surface area (TPSA) is 15.7 Å². The van der Waals surface area contributed by atoms with E-state index < -0.39 is 0 Å². The van der Waals surface area contributed by atoms with E-state index in [1.165, 1.54) is 70.1 Å². The molecule has 0 N–H and O–H groups in total. The quantitative estimate of drug-likeness (QED) is 0.393. The van der Waals surface area contributed by atoms with E-state index in [1.807, 2.05) is 13.8 Å². The number of ether oxygens (including phenoxy) is 1. The summed E-state index contributed by atoms with van der Waals surface area (Å²) in [6.45, 7) is 15.1. The predicted octanol–water partition coefficient (Wildman–Crippen LogP) is 6.63. The average molecular weight is 393 g/mol. The molecular weight excluding hydrogens is 344 g/mol. The molecule has 1 aliphatic heterocycles. The van der Waals surface area contributed by atoms with Crippen LogP contribution in [-0.4, -0.2) is 51.3 Å². The van der Waals surface area contributed by atoms with Crippen LogP contribution in [0.3, 0.4) is 0 Å². The van der Waals surface area contributed by atoms with Crippen molar-refractivity contribution in [3.8, 4) is 0 Å². The Bertz CT molecular complexity index is 404. The number of hydrogen-bond acceptors (Lipinski definition) is 3. The number of anilines is 1. The third-order valence-corrected chi connectivity index (χ3v) is 4.98. The SMILES string of the molecule is CC.CCCCCCN(C)c1ccccc1.CCCCCCN1CCOCC1. The van der Waals surface area contributed by atoms with Crippen molar-refractivity contribution in [1.82, 2.24) is 4.90 Å². The van der Waals surface area contributed by atoms with Crippen LogP contribution < -0.4 is 4.90 Å². The fraction of sp³-hybridized carbons (Fsp3) is 0.760. The molecule has 28 heavy (non-hydrogen) atoms. The van der Waals surface area contributed by atoms with Gasteiger partial charge in [0.15, 0.2) is 0 Å². The molecule has 1 fully saturated rings. The number of rotatable bonds is 11. The standard InChI is InChI=1S/C13H21N.C10H21NO.C2H6/c1-3-4-5-9-12-14(2)13-10-7-6-8-11-13;1-2-3-4-5-6-11-7-9-12-10-8-11;1-2/h6-8,10-11H,3-5,9,12H2,1-2H3;2-10H2,1H3;1-2H3. The molecule has 0 amide bonds. The zero-order valence-corrected chi connectivity index (χ0v) is 19.6. The minimum absolute atomic E-state index is 0.938. The first-order valence-corrected chi connectivity index (χ1v) is 11.8. The molecule has 2 rings (SSSR count). The lowest BCUT2D eigenvalue weighted by atomic mass is 10.2. The number of nitrogens with zero attached hydrogens (tertiary/aromatic N) is 2. The largest absolute Gasteiger partial charge is 0.379 e. The van der Waals surface area contributed by atoms with Crippen LogP contribution in [0.4, 0.5) is 5.69 Å². The van der Waals surface area contributed by atoms with Gasteiger partial charge in [-0.2, -0.15) is 0 Å². The molecule has 0 unspecified atom stereocenters. The van der Waals surface area contributed by atoms with Crippen molar-refractivity contribution in [1.29, 1.82) is 0 Å². The molecule has 3 nitrogen and oxygen atoms in total. The van der Waals surface area contributed by atoms with Crippen LogP contribution in [0.15, 0.2) is 30.3 Å². The normalized spacial score (nSPS) is 13.8. The summed E-state index contributed by atoms with van der Waals surface area (Å²) in [4.78, 5) is 4.84. The van der Waals surface area contributed by atoms with Gasteiger partial charge in [0, 0.05) is 32.4 Å². The third-order valence-electron chi connectivity index (χ3n) is 4.98. The molecule has 0 radical (unpaired) electrons. The van der Waals surface area contributed by atoms with Crippen molar-refractivity contribution in [2.75, 3.05) is 51.3 Å². The summed E-state index contributed by atoms with van der Waals surface area (Å²) in [5.74, 6) is 0. The fourth-order valence-electron chi connectivity index (χ4n) is 3.17. The van der Waals surface area contributed by atoms with Crippen LogP contribution in [-0.2, 0) is 4.74 Å². The van der Waals surface area contributed by atoms with Gasteiger partial charge in [0.25, 0.3) is 0 Å². The molecule has 1 aromatic carbocycles. The molecule has 0 saturated carbocycles. The maximum Gasteiger partial charge on any atom is 0.0594 e. The van der Waals surface area contributed by atoms with Gasteiger partial charge in [0.2, 0.25) is 0 Å². The molecule has 0 aliphatic carbocycles. The van der Waals surface area contributed by atoms with Crippen molar-refractivity contribution in [3.63, 3.8) is 0 Å². The lowest BCUT2D eigenvalue weighted by Gasteiger charge is -2.26. The van der Waals surface area contributed by atoms with Gasteiger partial charge < -0.3 is 9.64 Å². The molecule has 3 heteroatoms. The van der Waals surface area contributed by atoms with E-state index in [1.54, 1.807) is 0 Å². The minimum atomic E-state index is 0.938. The number of hydrogen-bond donors (Lipinski definition) is 0. The average Bonchev–Trinajstić information content (AvgIpc) is 2.77. The highest BCUT2D eigenvalue weighted by Gasteiger charge is 2.08. The molecular formula is C25H48N2O. The summed E-state index contributed by atoms with van der Waals surface area (Å²) in [5, 5.41) is 0. The van der Waals surface area contributed by atoms with E-state index in [0.717, 1.165) is 26.3 Å². The van der Waals surface area contributed by atoms with Crippen LogP contribution >= 0.6 is 0 Å². The molecule has 0 aromatic heterocycles. The molecule has 164 valence electrons. The van der Waals surface area contributed by atoms with Crippen molar-refractivity contribution >= 4 is 5.69 Å². The van der Waals surface area contributed by atoms with Gasteiger partial charge in [0.05, 0.1) is 13.2 Å². The number of morpholine rings is 1. The Morgan fingerprint density at radius 2 is 1.39 bits per heavy atom. The first-order valence-electron chi connectivity index (χ1n) is 11.8. The molecule has 0 bridgehead atoms. The van der Waals surface area contributed by atoms with Crippen LogP contribution in [0.5, 0.6) is 0 Å². The van der Waals surface area contributed by atoms with E-state index in [-0.39, 0.29) is 0 Å². The van der Waals surface area contributed by atoms with Crippen molar-refractivity contribution in [2.45, 2.75) is 79.1 Å². The summed E-state index contributed by atoms with van der Waals surface area (Å²) < 4.78 is 5.29. The molecule has 1 aromatic rings. The van der Waals surface area contributed by atoms with Gasteiger partial charge in [-0.15, -0.1) is 0 Å². The highest BCUT2D eigenvalue weighted by atomic mass is 16.5. The Hall–Kier alpha value is -1.06. The molecule has 1 heterocycles. The highest BCUT2D eigenvalue weighted by Crippen LogP contribution is 2.12. The van der Waals surface area contributed by atoms with Gasteiger partial charge in [-0.1, -0.05) is 84.4 Å². The second-order valence-corrected chi connectivity index (χ2v) is 7.33. The maximum absolute atomic E-state index is 5.29. The van der Waals surface area contributed by atoms with E-state index in [4.69, 9.17) is 4.74 Å².